The second-order valence-electron chi connectivity index (χ2n) is 9.58. The molecule has 0 aliphatic heterocycles. The van der Waals surface area contributed by atoms with E-state index in [-0.39, 0.29) is 17.8 Å². The molecule has 0 N–H and O–H groups in total. The van der Waals surface area contributed by atoms with Crippen LogP contribution >= 0.6 is 0 Å². The zero-order valence-corrected chi connectivity index (χ0v) is 20.1. The summed E-state index contributed by atoms with van der Waals surface area (Å²) in [7, 11) is -1.02. The number of rotatable bonds is 8. The van der Waals surface area contributed by atoms with E-state index in [9.17, 15) is 13.2 Å². The van der Waals surface area contributed by atoms with Crippen LogP contribution in [-0.2, 0) is 20.0 Å². The standard InChI is InChI=1S/C27H29NO5S/c1-32-25(29)11-5-3-2-4-9-22-26(19-14-15-27(22,17-19)28-34(30)31)18-12-13-24-21(16-18)20-8-6-7-10-23(20)33-24/h2,4,6-8,10,12-13,16,19,22,26H,3,5,9,11,14-15,17H2,1H3/b4-2-/t19-,22-,26-,27+/m1/s1. The molecule has 7 heteroatoms. The molecule has 4 atom stereocenters. The van der Waals surface area contributed by atoms with Crippen LogP contribution < -0.4 is 0 Å². The number of carbonyl (C=O) groups is 1. The Morgan fingerprint density at radius 2 is 2.00 bits per heavy atom. The lowest BCUT2D eigenvalue weighted by Gasteiger charge is -2.35. The van der Waals surface area contributed by atoms with Crippen molar-refractivity contribution in [3.05, 3.63) is 60.2 Å². The number of para-hydroxylation sites is 1. The van der Waals surface area contributed by atoms with Crippen LogP contribution in [0.4, 0.5) is 0 Å². The van der Waals surface area contributed by atoms with Crippen molar-refractivity contribution in [2.45, 2.75) is 56.4 Å². The molecule has 2 fully saturated rings. The Bertz CT molecular complexity index is 1380. The Hall–Kier alpha value is -2.93. The molecule has 0 spiro atoms. The molecule has 0 amide bonds. The van der Waals surface area contributed by atoms with Crippen molar-refractivity contribution >= 4 is 38.4 Å². The summed E-state index contributed by atoms with van der Waals surface area (Å²) < 4.78 is 38.3. The molecule has 2 saturated carbocycles. The Kier molecular flexibility index (Phi) is 6.30. The summed E-state index contributed by atoms with van der Waals surface area (Å²) in [6, 6.07) is 14.5. The van der Waals surface area contributed by atoms with Crippen molar-refractivity contribution in [3.63, 3.8) is 0 Å². The maximum atomic E-state index is 11.7. The number of fused-ring (bicyclic) bond motifs is 5. The Morgan fingerprint density at radius 3 is 2.82 bits per heavy atom. The first-order valence-electron chi connectivity index (χ1n) is 12.0. The van der Waals surface area contributed by atoms with Crippen LogP contribution in [-0.4, -0.2) is 27.0 Å². The minimum absolute atomic E-state index is 0.122. The average Bonchev–Trinajstić information content (AvgIpc) is 3.49. The van der Waals surface area contributed by atoms with Gasteiger partial charge in [-0.1, -0.05) is 36.4 Å². The minimum Gasteiger partial charge on any atom is -0.469 e. The molecule has 178 valence electrons. The quantitative estimate of drug-likeness (QED) is 0.218. The van der Waals surface area contributed by atoms with Crippen molar-refractivity contribution in [1.82, 2.24) is 0 Å². The molecule has 1 heterocycles. The van der Waals surface area contributed by atoms with Gasteiger partial charge in [-0.05, 0) is 80.0 Å². The fraction of sp³-hybridized carbons (Fsp3) is 0.444. The Balaban J connectivity index is 1.44. The van der Waals surface area contributed by atoms with E-state index >= 15 is 0 Å². The van der Waals surface area contributed by atoms with Crippen molar-refractivity contribution in [2.75, 3.05) is 7.11 Å². The van der Waals surface area contributed by atoms with Gasteiger partial charge in [0.1, 0.15) is 11.2 Å². The summed E-state index contributed by atoms with van der Waals surface area (Å²) in [5.74, 6) is 0.593. The van der Waals surface area contributed by atoms with Crippen LogP contribution in [0.15, 0.2) is 63.4 Å². The first-order chi connectivity index (χ1) is 16.5. The maximum Gasteiger partial charge on any atom is 0.311 e. The molecule has 2 aromatic carbocycles. The van der Waals surface area contributed by atoms with E-state index in [0.29, 0.717) is 12.3 Å². The molecule has 34 heavy (non-hydrogen) atoms. The third-order valence-electron chi connectivity index (χ3n) is 7.77. The Labute approximate surface area is 200 Å². The molecular formula is C27H29NO5S. The van der Waals surface area contributed by atoms with Crippen molar-refractivity contribution in [3.8, 4) is 0 Å². The van der Waals surface area contributed by atoms with Crippen LogP contribution in [0.5, 0.6) is 0 Å². The smallest absolute Gasteiger partial charge is 0.311 e. The number of furan rings is 1. The number of methoxy groups -OCH3 is 1. The minimum atomic E-state index is -2.43. The number of carbonyl (C=O) groups excluding carboxylic acids is 1. The Morgan fingerprint density at radius 1 is 1.18 bits per heavy atom. The first-order valence-corrected chi connectivity index (χ1v) is 13.0. The number of unbranched alkanes of at least 4 members (excludes halogenated alkanes) is 1. The van der Waals surface area contributed by atoms with Crippen LogP contribution in [0.3, 0.4) is 0 Å². The zero-order valence-electron chi connectivity index (χ0n) is 19.3. The summed E-state index contributed by atoms with van der Waals surface area (Å²) in [6.07, 6.45) is 9.58. The van der Waals surface area contributed by atoms with Crippen LogP contribution in [0, 0.1) is 11.8 Å². The monoisotopic (exact) mass is 479 g/mol. The highest BCUT2D eigenvalue weighted by Crippen LogP contribution is 2.62. The van der Waals surface area contributed by atoms with Crippen LogP contribution in [0.25, 0.3) is 21.9 Å². The third-order valence-corrected chi connectivity index (χ3v) is 8.29. The predicted octanol–water partition coefficient (Wildman–Crippen LogP) is 6.19. The number of ether oxygens (including phenoxy) is 1. The van der Waals surface area contributed by atoms with Crippen molar-refractivity contribution in [2.24, 2.45) is 16.2 Å². The number of hydrogen-bond donors (Lipinski definition) is 0. The normalized spacial score (nSPS) is 26.0. The molecule has 2 aliphatic rings. The lowest BCUT2D eigenvalue weighted by Crippen LogP contribution is -2.34. The molecule has 1 aromatic heterocycles. The summed E-state index contributed by atoms with van der Waals surface area (Å²) >= 11 is 0. The summed E-state index contributed by atoms with van der Waals surface area (Å²) in [4.78, 5) is 11.3. The summed E-state index contributed by atoms with van der Waals surface area (Å²) in [6.45, 7) is 0. The number of nitrogens with zero attached hydrogens (tertiary/aromatic N) is 1. The van der Waals surface area contributed by atoms with E-state index in [1.54, 1.807) is 0 Å². The first kappa shape index (κ1) is 22.8. The lowest BCUT2D eigenvalue weighted by atomic mass is 9.71. The SMILES string of the molecule is COC(=O)CCC/C=C\C[C@@H]1[C@H](c2ccc3oc4ccccc4c3c2)[C@@H]2CC[C@]1(N=S(=O)=O)C2. The fourth-order valence-corrected chi connectivity index (χ4v) is 6.95. The number of allylic oxidation sites excluding steroid dienone is 2. The van der Waals surface area contributed by atoms with Gasteiger partial charge in [-0.15, -0.1) is 0 Å². The molecule has 0 radical (unpaired) electrons. The van der Waals surface area contributed by atoms with Gasteiger partial charge in [-0.25, -0.2) is 0 Å². The summed E-state index contributed by atoms with van der Waals surface area (Å²) in [5.41, 5.74) is 2.46. The zero-order chi connectivity index (χ0) is 23.7. The maximum absolute atomic E-state index is 11.7. The molecule has 0 unspecified atom stereocenters. The average molecular weight is 480 g/mol. The van der Waals surface area contributed by atoms with Gasteiger partial charge in [0.15, 0.2) is 0 Å². The number of esters is 1. The lowest BCUT2D eigenvalue weighted by molar-refractivity contribution is -0.140. The van der Waals surface area contributed by atoms with Gasteiger partial charge >= 0.3 is 16.5 Å². The molecule has 5 rings (SSSR count). The van der Waals surface area contributed by atoms with Gasteiger partial charge in [0, 0.05) is 17.2 Å². The highest BCUT2D eigenvalue weighted by atomic mass is 32.2. The second kappa shape index (κ2) is 9.37. The molecular weight excluding hydrogens is 450 g/mol. The largest absolute Gasteiger partial charge is 0.469 e. The highest BCUT2D eigenvalue weighted by molar-refractivity contribution is 7.61. The van der Waals surface area contributed by atoms with E-state index in [0.717, 1.165) is 60.5 Å². The van der Waals surface area contributed by atoms with E-state index < -0.39 is 16.0 Å². The van der Waals surface area contributed by atoms with E-state index in [1.807, 2.05) is 24.3 Å². The van der Waals surface area contributed by atoms with Gasteiger partial charge in [-0.3, -0.25) is 4.79 Å². The molecule has 6 nitrogen and oxygen atoms in total. The number of hydrogen-bond acceptors (Lipinski definition) is 6. The van der Waals surface area contributed by atoms with Crippen molar-refractivity contribution < 1.29 is 22.4 Å². The molecule has 2 aliphatic carbocycles. The summed E-state index contributed by atoms with van der Waals surface area (Å²) in [5, 5.41) is 2.20. The van der Waals surface area contributed by atoms with Crippen LogP contribution in [0.1, 0.15) is 56.4 Å². The third kappa shape index (κ3) is 4.17. The van der Waals surface area contributed by atoms with Gasteiger partial charge in [0.25, 0.3) is 0 Å². The topological polar surface area (TPSA) is 85.9 Å². The van der Waals surface area contributed by atoms with Gasteiger partial charge in [0.05, 0.1) is 12.6 Å². The van der Waals surface area contributed by atoms with E-state index in [2.05, 4.69) is 34.7 Å². The second-order valence-corrected chi connectivity index (χ2v) is 10.2. The molecule has 0 saturated heterocycles. The van der Waals surface area contributed by atoms with E-state index in [1.165, 1.54) is 12.7 Å². The van der Waals surface area contributed by atoms with Gasteiger partial charge in [0.2, 0.25) is 0 Å². The predicted molar refractivity (Wildman–Crippen MR) is 131 cm³/mol. The van der Waals surface area contributed by atoms with Crippen molar-refractivity contribution in [1.29, 1.82) is 0 Å². The number of benzene rings is 2. The van der Waals surface area contributed by atoms with Gasteiger partial charge < -0.3 is 9.15 Å². The van der Waals surface area contributed by atoms with Crippen LogP contribution in [0.2, 0.25) is 0 Å². The molecule has 2 bridgehead atoms. The van der Waals surface area contributed by atoms with E-state index in [4.69, 9.17) is 9.15 Å². The van der Waals surface area contributed by atoms with Gasteiger partial charge in [-0.2, -0.15) is 12.8 Å². The fourth-order valence-electron chi connectivity index (χ4n) is 6.35. The molecule has 3 aromatic rings. The highest BCUT2D eigenvalue weighted by Gasteiger charge is 2.58.